The van der Waals surface area contributed by atoms with Gasteiger partial charge in [-0.3, -0.25) is 0 Å². The molecule has 0 aliphatic carbocycles. The van der Waals surface area contributed by atoms with Crippen molar-refractivity contribution in [2.75, 3.05) is 5.73 Å². The van der Waals surface area contributed by atoms with Crippen molar-refractivity contribution in [2.24, 2.45) is 0 Å². The molecule has 102 valence electrons. The summed E-state index contributed by atoms with van der Waals surface area (Å²) in [5, 5.41) is 0. The Labute approximate surface area is 117 Å². The van der Waals surface area contributed by atoms with E-state index in [0.29, 0.717) is 10.2 Å². The molecule has 0 spiro atoms. The van der Waals surface area contributed by atoms with E-state index in [9.17, 15) is 8.42 Å². The summed E-state index contributed by atoms with van der Waals surface area (Å²) in [5.74, 6) is 0. The number of hydrogen-bond donors (Lipinski definition) is 2. The SMILES string of the molecule is CCCC(C)(C)NS(=O)(=O)c1ccc(N)c(Br)c1. The first kappa shape index (κ1) is 15.5. The van der Waals surface area contributed by atoms with E-state index in [4.69, 9.17) is 5.73 Å². The highest BCUT2D eigenvalue weighted by atomic mass is 79.9. The van der Waals surface area contributed by atoms with Gasteiger partial charge in [-0.15, -0.1) is 0 Å². The fraction of sp³-hybridized carbons (Fsp3) is 0.500. The van der Waals surface area contributed by atoms with Gasteiger partial charge in [0.25, 0.3) is 0 Å². The van der Waals surface area contributed by atoms with Gasteiger partial charge in [0.2, 0.25) is 10.0 Å². The van der Waals surface area contributed by atoms with E-state index in [-0.39, 0.29) is 4.90 Å². The highest BCUT2D eigenvalue weighted by molar-refractivity contribution is 9.10. The number of rotatable bonds is 5. The van der Waals surface area contributed by atoms with Crippen molar-refractivity contribution in [3.63, 3.8) is 0 Å². The van der Waals surface area contributed by atoms with Crippen LogP contribution in [0.5, 0.6) is 0 Å². The Morgan fingerprint density at radius 1 is 1.39 bits per heavy atom. The number of nitrogens with one attached hydrogen (secondary N) is 1. The Hall–Kier alpha value is -0.590. The molecule has 0 aliphatic heterocycles. The molecule has 0 bridgehead atoms. The fourth-order valence-corrected chi connectivity index (χ4v) is 3.77. The van der Waals surface area contributed by atoms with E-state index < -0.39 is 15.6 Å². The van der Waals surface area contributed by atoms with Gasteiger partial charge < -0.3 is 5.73 Å². The fourth-order valence-electron chi connectivity index (χ4n) is 1.77. The first-order valence-corrected chi connectivity index (χ1v) is 8.04. The van der Waals surface area contributed by atoms with Crippen LogP contribution in [0.15, 0.2) is 27.6 Å². The summed E-state index contributed by atoms with van der Waals surface area (Å²) in [5.41, 5.74) is 5.70. The number of halogens is 1. The van der Waals surface area contributed by atoms with Gasteiger partial charge in [0.05, 0.1) is 4.90 Å². The molecule has 0 saturated heterocycles. The molecule has 18 heavy (non-hydrogen) atoms. The average molecular weight is 335 g/mol. The largest absolute Gasteiger partial charge is 0.398 e. The highest BCUT2D eigenvalue weighted by Gasteiger charge is 2.25. The van der Waals surface area contributed by atoms with E-state index >= 15 is 0 Å². The second-order valence-corrected chi connectivity index (χ2v) is 7.46. The van der Waals surface area contributed by atoms with E-state index in [1.54, 1.807) is 6.07 Å². The second-order valence-electron chi connectivity index (χ2n) is 4.92. The molecule has 0 fully saturated rings. The Balaban J connectivity index is 3.03. The van der Waals surface area contributed by atoms with Crippen LogP contribution in [0.3, 0.4) is 0 Å². The van der Waals surface area contributed by atoms with Crippen LogP contribution in [0.4, 0.5) is 5.69 Å². The predicted octanol–water partition coefficient (Wildman–Crippen LogP) is 2.89. The van der Waals surface area contributed by atoms with Crippen LogP contribution in [-0.4, -0.2) is 14.0 Å². The standard InChI is InChI=1S/C12H19BrN2O2S/c1-4-7-12(2,3)15-18(16,17)9-5-6-11(14)10(13)8-9/h5-6,8,15H,4,7,14H2,1-3H3. The monoisotopic (exact) mass is 334 g/mol. The Bertz CT molecular complexity index is 527. The van der Waals surface area contributed by atoms with E-state index in [2.05, 4.69) is 20.7 Å². The van der Waals surface area contributed by atoms with Gasteiger partial charge in [-0.25, -0.2) is 13.1 Å². The van der Waals surface area contributed by atoms with Crippen LogP contribution in [0.25, 0.3) is 0 Å². The number of anilines is 1. The molecular formula is C12H19BrN2O2S. The Morgan fingerprint density at radius 3 is 2.50 bits per heavy atom. The summed E-state index contributed by atoms with van der Waals surface area (Å²) in [6.07, 6.45) is 1.70. The van der Waals surface area contributed by atoms with Gasteiger partial charge in [0, 0.05) is 15.7 Å². The van der Waals surface area contributed by atoms with E-state index in [0.717, 1.165) is 12.8 Å². The molecule has 0 aliphatic rings. The van der Waals surface area contributed by atoms with E-state index in [1.165, 1.54) is 12.1 Å². The van der Waals surface area contributed by atoms with Crippen LogP contribution in [0.2, 0.25) is 0 Å². The van der Waals surface area contributed by atoms with Gasteiger partial charge in [-0.2, -0.15) is 0 Å². The van der Waals surface area contributed by atoms with Crippen molar-refractivity contribution in [1.29, 1.82) is 0 Å². The molecular weight excluding hydrogens is 316 g/mol. The van der Waals surface area contributed by atoms with Crippen molar-refractivity contribution < 1.29 is 8.42 Å². The van der Waals surface area contributed by atoms with Gasteiger partial charge >= 0.3 is 0 Å². The first-order chi connectivity index (χ1) is 8.18. The zero-order chi connectivity index (χ0) is 14.0. The molecule has 0 radical (unpaired) electrons. The Morgan fingerprint density at radius 2 is 2.00 bits per heavy atom. The van der Waals surface area contributed by atoms with Gasteiger partial charge in [-0.05, 0) is 54.4 Å². The smallest absolute Gasteiger partial charge is 0.241 e. The van der Waals surface area contributed by atoms with Crippen molar-refractivity contribution in [2.45, 2.75) is 44.0 Å². The zero-order valence-corrected chi connectivity index (χ0v) is 13.2. The quantitative estimate of drug-likeness (QED) is 0.813. The third-order valence-electron chi connectivity index (χ3n) is 2.57. The molecule has 1 aromatic carbocycles. The van der Waals surface area contributed by atoms with Gasteiger partial charge in [0.15, 0.2) is 0 Å². The lowest BCUT2D eigenvalue weighted by atomic mass is 10.0. The molecule has 0 atom stereocenters. The zero-order valence-electron chi connectivity index (χ0n) is 10.8. The predicted molar refractivity (Wildman–Crippen MR) is 77.9 cm³/mol. The summed E-state index contributed by atoms with van der Waals surface area (Å²) < 4.78 is 27.7. The third-order valence-corrected chi connectivity index (χ3v) is 4.95. The van der Waals surface area contributed by atoms with Crippen molar-refractivity contribution >= 4 is 31.6 Å². The number of nitrogen functional groups attached to an aromatic ring is 1. The summed E-state index contributed by atoms with van der Waals surface area (Å²) in [6.45, 7) is 5.77. The number of benzene rings is 1. The summed E-state index contributed by atoms with van der Waals surface area (Å²) >= 11 is 3.23. The highest BCUT2D eigenvalue weighted by Crippen LogP contribution is 2.24. The van der Waals surface area contributed by atoms with Gasteiger partial charge in [0.1, 0.15) is 0 Å². The Kier molecular flexibility index (Phi) is 4.80. The number of hydrogen-bond acceptors (Lipinski definition) is 3. The van der Waals surface area contributed by atoms with Crippen molar-refractivity contribution in [3.8, 4) is 0 Å². The van der Waals surface area contributed by atoms with Crippen LogP contribution in [0, 0.1) is 0 Å². The average Bonchev–Trinajstić information content (AvgIpc) is 2.20. The minimum atomic E-state index is -3.51. The molecule has 0 heterocycles. The normalized spacial score (nSPS) is 12.7. The number of sulfonamides is 1. The maximum atomic E-state index is 12.2. The number of nitrogens with two attached hydrogens (primary N) is 1. The first-order valence-electron chi connectivity index (χ1n) is 5.77. The van der Waals surface area contributed by atoms with Crippen LogP contribution < -0.4 is 10.5 Å². The van der Waals surface area contributed by atoms with Crippen molar-refractivity contribution in [1.82, 2.24) is 4.72 Å². The lowest BCUT2D eigenvalue weighted by Gasteiger charge is -2.25. The molecule has 0 amide bonds. The molecule has 0 aromatic heterocycles. The lowest BCUT2D eigenvalue weighted by Crippen LogP contribution is -2.43. The van der Waals surface area contributed by atoms with E-state index in [1.807, 2.05) is 20.8 Å². The minimum absolute atomic E-state index is 0.216. The third kappa shape index (κ3) is 3.96. The van der Waals surface area contributed by atoms with Crippen LogP contribution in [0.1, 0.15) is 33.6 Å². The maximum absolute atomic E-state index is 12.2. The molecule has 1 aromatic rings. The molecule has 4 nitrogen and oxygen atoms in total. The molecule has 0 unspecified atom stereocenters. The van der Waals surface area contributed by atoms with Gasteiger partial charge in [-0.1, -0.05) is 13.3 Å². The van der Waals surface area contributed by atoms with Crippen molar-refractivity contribution in [3.05, 3.63) is 22.7 Å². The summed E-state index contributed by atoms with van der Waals surface area (Å²) in [4.78, 5) is 0.216. The summed E-state index contributed by atoms with van der Waals surface area (Å²) in [7, 11) is -3.51. The summed E-state index contributed by atoms with van der Waals surface area (Å²) in [6, 6.07) is 4.59. The topological polar surface area (TPSA) is 72.2 Å². The van der Waals surface area contributed by atoms with Crippen LogP contribution >= 0.6 is 15.9 Å². The second kappa shape index (κ2) is 5.59. The molecule has 0 saturated carbocycles. The maximum Gasteiger partial charge on any atom is 0.241 e. The molecule has 6 heteroatoms. The van der Waals surface area contributed by atoms with Crippen LogP contribution in [-0.2, 0) is 10.0 Å². The molecule has 1 rings (SSSR count). The molecule has 3 N–H and O–H groups in total. The lowest BCUT2D eigenvalue weighted by molar-refractivity contribution is 0.418. The minimum Gasteiger partial charge on any atom is -0.398 e.